The lowest BCUT2D eigenvalue weighted by Gasteiger charge is -2.08. The van der Waals surface area contributed by atoms with Crippen molar-refractivity contribution in [2.24, 2.45) is 0 Å². The number of ether oxygens (including phenoxy) is 1. The molecule has 0 bridgehead atoms. The van der Waals surface area contributed by atoms with E-state index in [1.54, 1.807) is 37.3 Å². The lowest BCUT2D eigenvalue weighted by Crippen LogP contribution is -2.20. The predicted octanol–water partition coefficient (Wildman–Crippen LogP) is 1.71. The zero-order valence-electron chi connectivity index (χ0n) is 14.9. The molecule has 9 heteroatoms. The monoisotopic (exact) mass is 386 g/mol. The van der Waals surface area contributed by atoms with Gasteiger partial charge in [-0.15, -0.1) is 0 Å². The van der Waals surface area contributed by atoms with Gasteiger partial charge in [-0.1, -0.05) is 18.2 Å². The van der Waals surface area contributed by atoms with E-state index in [1.807, 2.05) is 0 Å². The number of amides is 1. The molecule has 0 unspecified atom stereocenters. The van der Waals surface area contributed by atoms with Gasteiger partial charge in [-0.2, -0.15) is 0 Å². The van der Waals surface area contributed by atoms with E-state index in [2.05, 4.69) is 10.6 Å². The smallest absolute Gasteiger partial charge is 0.360 e. The normalized spacial score (nSPS) is 10.5. The molecule has 2 rings (SSSR count). The highest BCUT2D eigenvalue weighted by Crippen LogP contribution is 2.16. The van der Waals surface area contributed by atoms with Crippen molar-refractivity contribution in [1.82, 2.24) is 5.32 Å². The van der Waals surface area contributed by atoms with Crippen molar-refractivity contribution in [1.29, 1.82) is 0 Å². The number of hydrogen-bond donors (Lipinski definition) is 3. The molecule has 1 heterocycles. The molecule has 1 aromatic carbocycles. The molecule has 1 amide bonds. The number of anilines is 1. The molecule has 0 atom stereocenters. The summed E-state index contributed by atoms with van der Waals surface area (Å²) in [4.78, 5) is 47.1. The largest absolute Gasteiger partial charge is 0.480 e. The van der Waals surface area contributed by atoms with Crippen LogP contribution in [0.4, 0.5) is 5.69 Å². The number of esters is 1. The standard InChI is InChI=1S/C19H18N2O7/c1-2-27-18(25)13-10-14(21-17(24)12-6-4-3-5-7-12)19(26)28-15(13)8-9-20-11-16(22)23/h3-10,20H,2,11H2,1H3,(H,21,24)(H,22,23)/b9-8+. The van der Waals surface area contributed by atoms with Gasteiger partial charge in [-0.25, -0.2) is 9.59 Å². The summed E-state index contributed by atoms with van der Waals surface area (Å²) in [5.41, 5.74) is -0.887. The number of carbonyl (C=O) groups excluding carboxylic acids is 2. The van der Waals surface area contributed by atoms with Crippen LogP contribution in [0.2, 0.25) is 0 Å². The third-order valence-electron chi connectivity index (χ3n) is 3.36. The Bertz CT molecular complexity index is 948. The Morgan fingerprint density at radius 1 is 1.21 bits per heavy atom. The predicted molar refractivity (Wildman–Crippen MR) is 100 cm³/mol. The van der Waals surface area contributed by atoms with Crippen LogP contribution in [0.5, 0.6) is 0 Å². The van der Waals surface area contributed by atoms with Gasteiger partial charge in [-0.05, 0) is 31.2 Å². The third-order valence-corrected chi connectivity index (χ3v) is 3.36. The zero-order chi connectivity index (χ0) is 20.5. The van der Waals surface area contributed by atoms with Crippen LogP contribution in [0.15, 0.2) is 51.8 Å². The molecule has 0 aliphatic heterocycles. The summed E-state index contributed by atoms with van der Waals surface area (Å²) < 4.78 is 10.0. The van der Waals surface area contributed by atoms with E-state index in [-0.39, 0.29) is 30.2 Å². The van der Waals surface area contributed by atoms with E-state index < -0.39 is 23.5 Å². The first kappa shape index (κ1) is 20.4. The van der Waals surface area contributed by atoms with Crippen molar-refractivity contribution in [3.05, 3.63) is 69.9 Å². The summed E-state index contributed by atoms with van der Waals surface area (Å²) in [6.07, 6.45) is 2.44. The fourth-order valence-corrected chi connectivity index (χ4v) is 2.13. The van der Waals surface area contributed by atoms with Crippen molar-refractivity contribution in [3.63, 3.8) is 0 Å². The molecule has 0 spiro atoms. The van der Waals surface area contributed by atoms with Gasteiger partial charge >= 0.3 is 17.6 Å². The lowest BCUT2D eigenvalue weighted by molar-refractivity contribution is -0.135. The highest BCUT2D eigenvalue weighted by molar-refractivity contribution is 6.04. The maximum absolute atomic E-state index is 12.2. The lowest BCUT2D eigenvalue weighted by atomic mass is 10.2. The van der Waals surface area contributed by atoms with Crippen LogP contribution in [0, 0.1) is 0 Å². The molecule has 9 nitrogen and oxygen atoms in total. The average molecular weight is 386 g/mol. The summed E-state index contributed by atoms with van der Waals surface area (Å²) in [6, 6.07) is 9.35. The average Bonchev–Trinajstić information content (AvgIpc) is 2.67. The molecule has 1 aromatic heterocycles. The fraction of sp³-hybridized carbons (Fsp3) is 0.158. The summed E-state index contributed by atoms with van der Waals surface area (Å²) in [6.45, 7) is 1.34. The van der Waals surface area contributed by atoms with Gasteiger partial charge in [0, 0.05) is 11.8 Å². The quantitative estimate of drug-likeness (QED) is 0.584. The first-order valence-corrected chi connectivity index (χ1v) is 8.25. The second-order valence-corrected chi connectivity index (χ2v) is 5.37. The molecule has 0 saturated carbocycles. The number of carbonyl (C=O) groups is 3. The highest BCUT2D eigenvalue weighted by Gasteiger charge is 2.19. The maximum Gasteiger partial charge on any atom is 0.360 e. The first-order chi connectivity index (χ1) is 13.4. The third kappa shape index (κ3) is 5.56. The second kappa shape index (κ2) is 9.72. The number of rotatable bonds is 8. The molecule has 0 fully saturated rings. The van der Waals surface area contributed by atoms with Gasteiger partial charge in [0.1, 0.15) is 23.6 Å². The van der Waals surface area contributed by atoms with Gasteiger partial charge < -0.3 is 24.9 Å². The van der Waals surface area contributed by atoms with Crippen LogP contribution in [-0.2, 0) is 9.53 Å². The van der Waals surface area contributed by atoms with Crippen LogP contribution in [0.25, 0.3) is 6.08 Å². The van der Waals surface area contributed by atoms with Crippen molar-refractivity contribution in [3.8, 4) is 0 Å². The van der Waals surface area contributed by atoms with E-state index in [4.69, 9.17) is 14.3 Å². The second-order valence-electron chi connectivity index (χ2n) is 5.37. The van der Waals surface area contributed by atoms with Gasteiger partial charge in [0.05, 0.1) is 6.61 Å². The van der Waals surface area contributed by atoms with Gasteiger partial charge in [-0.3, -0.25) is 9.59 Å². The summed E-state index contributed by atoms with van der Waals surface area (Å²) in [5.74, 6) is -2.54. The van der Waals surface area contributed by atoms with Crippen molar-refractivity contribution in [2.45, 2.75) is 6.92 Å². The van der Waals surface area contributed by atoms with Crippen LogP contribution >= 0.6 is 0 Å². The maximum atomic E-state index is 12.2. The molecule has 146 valence electrons. The number of carboxylic acids is 1. The Morgan fingerprint density at radius 2 is 1.93 bits per heavy atom. The minimum absolute atomic E-state index is 0.0874. The SMILES string of the molecule is CCOC(=O)c1cc(NC(=O)c2ccccc2)c(=O)oc1/C=C/NCC(=O)O. The van der Waals surface area contributed by atoms with Crippen LogP contribution in [0.3, 0.4) is 0 Å². The Kier molecular flexibility index (Phi) is 7.09. The molecule has 0 aliphatic rings. The van der Waals surface area contributed by atoms with E-state index in [0.717, 1.165) is 6.07 Å². The summed E-state index contributed by atoms with van der Waals surface area (Å²) in [7, 11) is 0. The summed E-state index contributed by atoms with van der Waals surface area (Å²) >= 11 is 0. The van der Waals surface area contributed by atoms with Crippen molar-refractivity contribution < 1.29 is 28.6 Å². The number of nitrogens with one attached hydrogen (secondary N) is 2. The van der Waals surface area contributed by atoms with E-state index in [1.165, 1.54) is 12.3 Å². The number of carboxylic acid groups (broad SMARTS) is 1. The molecular formula is C19H18N2O7. The number of aliphatic carboxylic acids is 1. The molecule has 28 heavy (non-hydrogen) atoms. The Labute approximate surface area is 159 Å². The minimum atomic E-state index is -1.09. The molecular weight excluding hydrogens is 368 g/mol. The van der Waals surface area contributed by atoms with Gasteiger partial charge in [0.15, 0.2) is 0 Å². The zero-order valence-corrected chi connectivity index (χ0v) is 14.9. The Balaban J connectivity index is 2.33. The van der Waals surface area contributed by atoms with E-state index in [0.29, 0.717) is 5.56 Å². The topological polar surface area (TPSA) is 135 Å². The fourth-order valence-electron chi connectivity index (χ4n) is 2.13. The van der Waals surface area contributed by atoms with Crippen molar-refractivity contribution >= 4 is 29.6 Å². The number of benzene rings is 1. The van der Waals surface area contributed by atoms with Gasteiger partial charge in [0.25, 0.3) is 5.91 Å². The molecule has 0 radical (unpaired) electrons. The van der Waals surface area contributed by atoms with E-state index >= 15 is 0 Å². The van der Waals surface area contributed by atoms with Crippen LogP contribution in [-0.4, -0.2) is 36.1 Å². The molecule has 0 saturated heterocycles. The van der Waals surface area contributed by atoms with Crippen LogP contribution in [0.1, 0.15) is 33.4 Å². The Morgan fingerprint density at radius 3 is 2.57 bits per heavy atom. The Hall–Kier alpha value is -3.88. The molecule has 2 aromatic rings. The first-order valence-electron chi connectivity index (χ1n) is 8.25. The molecule has 0 aliphatic carbocycles. The molecule has 3 N–H and O–H groups in total. The van der Waals surface area contributed by atoms with Crippen molar-refractivity contribution in [2.75, 3.05) is 18.5 Å². The summed E-state index contributed by atoms with van der Waals surface area (Å²) in [5, 5.41) is 13.5. The number of hydrogen-bond acceptors (Lipinski definition) is 7. The van der Waals surface area contributed by atoms with Crippen LogP contribution < -0.4 is 16.3 Å². The highest BCUT2D eigenvalue weighted by atomic mass is 16.5. The van der Waals surface area contributed by atoms with Gasteiger partial charge in [0.2, 0.25) is 0 Å². The minimum Gasteiger partial charge on any atom is -0.480 e. The van der Waals surface area contributed by atoms with E-state index in [9.17, 15) is 19.2 Å².